The molecule has 0 amide bonds. The van der Waals surface area contributed by atoms with Gasteiger partial charge in [0.1, 0.15) is 5.52 Å². The molecule has 1 atom stereocenters. The van der Waals surface area contributed by atoms with Crippen LogP contribution in [0, 0.1) is 0 Å². The van der Waals surface area contributed by atoms with Gasteiger partial charge < -0.3 is 14.3 Å². The Hall–Kier alpha value is -2.14. The first-order valence-corrected chi connectivity index (χ1v) is 8.01. The van der Waals surface area contributed by atoms with Crippen LogP contribution in [0.2, 0.25) is 0 Å². The summed E-state index contributed by atoms with van der Waals surface area (Å²) in [5.74, 6) is 0.726. The molecule has 1 N–H and O–H groups in total. The Morgan fingerprint density at radius 3 is 2.83 bits per heavy atom. The van der Waals surface area contributed by atoms with E-state index in [0.717, 1.165) is 23.5 Å². The molecule has 2 heterocycles. The number of nitrogens with zero attached hydrogens (tertiary/aromatic N) is 3. The number of fused-ring (bicyclic) bond motifs is 1. The highest BCUT2D eigenvalue weighted by Gasteiger charge is 2.16. The highest BCUT2D eigenvalue weighted by Crippen LogP contribution is 2.26. The van der Waals surface area contributed by atoms with Crippen molar-refractivity contribution in [1.82, 2.24) is 19.9 Å². The van der Waals surface area contributed by atoms with Crippen LogP contribution in [-0.4, -0.2) is 20.6 Å². The predicted octanol–water partition coefficient (Wildman–Crippen LogP) is 3.50. The van der Waals surface area contributed by atoms with Crippen LogP contribution in [0.25, 0.3) is 11.1 Å². The molecule has 2 aromatic heterocycles. The molecule has 3 aromatic rings. The molecule has 0 bridgehead atoms. The van der Waals surface area contributed by atoms with Crippen molar-refractivity contribution in [2.24, 2.45) is 0 Å². The zero-order valence-corrected chi connectivity index (χ0v) is 14.2. The molecule has 0 aliphatic heterocycles. The van der Waals surface area contributed by atoms with Gasteiger partial charge in [0.25, 0.3) is 0 Å². The molecule has 0 aliphatic carbocycles. The molecule has 0 radical (unpaired) electrons. The SMILES string of the molecule is C[C@@H](Cn1ccnc1)NCc1nc2cc(C(C)(C)C)ccc2o1. The molecule has 0 saturated heterocycles. The number of hydrogen-bond donors (Lipinski definition) is 1. The normalized spacial score (nSPS) is 13.6. The van der Waals surface area contributed by atoms with Crippen molar-refractivity contribution in [2.75, 3.05) is 0 Å². The number of rotatable bonds is 5. The van der Waals surface area contributed by atoms with Gasteiger partial charge in [0, 0.05) is 25.0 Å². The lowest BCUT2D eigenvalue weighted by Gasteiger charge is -2.18. The molecule has 0 unspecified atom stereocenters. The number of oxazole rings is 1. The second kappa shape index (κ2) is 6.16. The Kier molecular flexibility index (Phi) is 4.22. The van der Waals surface area contributed by atoms with E-state index in [9.17, 15) is 0 Å². The van der Waals surface area contributed by atoms with E-state index in [1.807, 2.05) is 18.6 Å². The zero-order valence-electron chi connectivity index (χ0n) is 14.2. The van der Waals surface area contributed by atoms with E-state index in [-0.39, 0.29) is 5.41 Å². The molecule has 23 heavy (non-hydrogen) atoms. The third kappa shape index (κ3) is 3.79. The number of hydrogen-bond acceptors (Lipinski definition) is 4. The van der Waals surface area contributed by atoms with Gasteiger partial charge in [0.2, 0.25) is 5.89 Å². The van der Waals surface area contributed by atoms with Gasteiger partial charge in [-0.25, -0.2) is 9.97 Å². The van der Waals surface area contributed by atoms with E-state index in [2.05, 4.69) is 59.7 Å². The number of nitrogens with one attached hydrogen (secondary N) is 1. The predicted molar refractivity (Wildman–Crippen MR) is 91.2 cm³/mol. The third-order valence-electron chi connectivity index (χ3n) is 3.94. The van der Waals surface area contributed by atoms with Crippen LogP contribution in [-0.2, 0) is 18.5 Å². The fourth-order valence-corrected chi connectivity index (χ4v) is 2.55. The summed E-state index contributed by atoms with van der Waals surface area (Å²) in [5, 5.41) is 3.44. The summed E-state index contributed by atoms with van der Waals surface area (Å²) in [6, 6.07) is 6.56. The molecule has 3 rings (SSSR count). The van der Waals surface area contributed by atoms with Crippen molar-refractivity contribution in [3.05, 3.63) is 48.4 Å². The van der Waals surface area contributed by atoms with E-state index < -0.39 is 0 Å². The van der Waals surface area contributed by atoms with Gasteiger partial charge >= 0.3 is 0 Å². The van der Waals surface area contributed by atoms with Crippen molar-refractivity contribution < 1.29 is 4.42 Å². The van der Waals surface area contributed by atoms with Crippen molar-refractivity contribution in [1.29, 1.82) is 0 Å². The molecular formula is C18H24N4O. The van der Waals surface area contributed by atoms with Gasteiger partial charge in [-0.3, -0.25) is 0 Å². The maximum atomic E-state index is 5.83. The molecule has 5 heteroatoms. The van der Waals surface area contributed by atoms with Crippen molar-refractivity contribution in [3.8, 4) is 0 Å². The van der Waals surface area contributed by atoms with E-state index >= 15 is 0 Å². The molecule has 0 aliphatic rings. The van der Waals surface area contributed by atoms with Crippen LogP contribution in [0.15, 0.2) is 41.3 Å². The molecule has 5 nitrogen and oxygen atoms in total. The Morgan fingerprint density at radius 1 is 1.30 bits per heavy atom. The molecule has 0 spiro atoms. The van der Waals surface area contributed by atoms with E-state index in [1.165, 1.54) is 5.56 Å². The van der Waals surface area contributed by atoms with E-state index in [4.69, 9.17) is 4.42 Å². The highest BCUT2D eigenvalue weighted by molar-refractivity contribution is 5.73. The van der Waals surface area contributed by atoms with Crippen LogP contribution in [0.3, 0.4) is 0 Å². The van der Waals surface area contributed by atoms with Crippen LogP contribution in [0.4, 0.5) is 0 Å². The van der Waals surface area contributed by atoms with Crippen LogP contribution in [0.5, 0.6) is 0 Å². The maximum Gasteiger partial charge on any atom is 0.209 e. The molecular weight excluding hydrogens is 288 g/mol. The Labute approximate surface area is 136 Å². The third-order valence-corrected chi connectivity index (χ3v) is 3.94. The average Bonchev–Trinajstić information content (AvgIpc) is 3.11. The summed E-state index contributed by atoms with van der Waals surface area (Å²) in [5.41, 5.74) is 3.16. The minimum Gasteiger partial charge on any atom is -0.439 e. The largest absolute Gasteiger partial charge is 0.439 e. The lowest BCUT2D eigenvalue weighted by molar-refractivity contribution is 0.429. The smallest absolute Gasteiger partial charge is 0.209 e. The van der Waals surface area contributed by atoms with Gasteiger partial charge in [-0.05, 0) is 30.0 Å². The topological polar surface area (TPSA) is 55.9 Å². The monoisotopic (exact) mass is 312 g/mol. The number of benzene rings is 1. The molecule has 0 fully saturated rings. The standard InChI is InChI=1S/C18H24N4O/c1-13(11-22-8-7-19-12-22)20-10-17-21-15-9-14(18(2,3)4)5-6-16(15)23-17/h5-9,12-13,20H,10-11H2,1-4H3/t13-/m0/s1. The van der Waals surface area contributed by atoms with Crippen LogP contribution in [0.1, 0.15) is 39.1 Å². The zero-order chi connectivity index (χ0) is 16.4. The average molecular weight is 312 g/mol. The summed E-state index contributed by atoms with van der Waals surface area (Å²) >= 11 is 0. The summed E-state index contributed by atoms with van der Waals surface area (Å²) in [6.07, 6.45) is 5.58. The van der Waals surface area contributed by atoms with Crippen molar-refractivity contribution in [3.63, 3.8) is 0 Å². The van der Waals surface area contributed by atoms with Crippen LogP contribution < -0.4 is 5.32 Å². The number of imidazole rings is 1. The number of aromatic nitrogens is 3. The minimum atomic E-state index is 0.116. The summed E-state index contributed by atoms with van der Waals surface area (Å²) in [4.78, 5) is 8.66. The Morgan fingerprint density at radius 2 is 2.13 bits per heavy atom. The van der Waals surface area contributed by atoms with Gasteiger partial charge in [0.05, 0.1) is 12.9 Å². The fraction of sp³-hybridized carbons (Fsp3) is 0.444. The fourth-order valence-electron chi connectivity index (χ4n) is 2.55. The van der Waals surface area contributed by atoms with Gasteiger partial charge in [-0.2, -0.15) is 0 Å². The summed E-state index contributed by atoms with van der Waals surface area (Å²) < 4.78 is 7.88. The molecule has 122 valence electrons. The first kappa shape index (κ1) is 15.7. The van der Waals surface area contributed by atoms with E-state index in [1.54, 1.807) is 6.20 Å². The quantitative estimate of drug-likeness (QED) is 0.783. The summed E-state index contributed by atoms with van der Waals surface area (Å²) in [7, 11) is 0. The summed E-state index contributed by atoms with van der Waals surface area (Å²) in [6.45, 7) is 10.2. The Bertz CT molecular complexity index is 768. The first-order chi connectivity index (χ1) is 10.9. The van der Waals surface area contributed by atoms with Crippen molar-refractivity contribution in [2.45, 2.75) is 52.2 Å². The maximum absolute atomic E-state index is 5.83. The minimum absolute atomic E-state index is 0.116. The van der Waals surface area contributed by atoms with Crippen molar-refractivity contribution >= 4 is 11.1 Å². The Balaban J connectivity index is 1.66. The van der Waals surface area contributed by atoms with Gasteiger partial charge in [-0.15, -0.1) is 0 Å². The highest BCUT2D eigenvalue weighted by atomic mass is 16.3. The lowest BCUT2D eigenvalue weighted by Crippen LogP contribution is -2.29. The second-order valence-electron chi connectivity index (χ2n) is 7.08. The van der Waals surface area contributed by atoms with E-state index in [0.29, 0.717) is 12.6 Å². The van der Waals surface area contributed by atoms with Gasteiger partial charge in [-0.1, -0.05) is 26.8 Å². The first-order valence-electron chi connectivity index (χ1n) is 8.01. The van der Waals surface area contributed by atoms with Crippen LogP contribution >= 0.6 is 0 Å². The molecule has 1 aromatic carbocycles. The lowest BCUT2D eigenvalue weighted by atomic mass is 9.87. The second-order valence-corrected chi connectivity index (χ2v) is 7.08. The molecule has 0 saturated carbocycles. The van der Waals surface area contributed by atoms with Gasteiger partial charge in [0.15, 0.2) is 5.58 Å².